The molecular weight excluding hydrogens is 348 g/mol. The maximum Gasteiger partial charge on any atom is 0.306 e. The molecule has 0 aliphatic rings. The van der Waals surface area contributed by atoms with Crippen molar-refractivity contribution in [1.29, 1.82) is 0 Å². The number of anilines is 1. The van der Waals surface area contributed by atoms with E-state index in [9.17, 15) is 14.4 Å². The van der Waals surface area contributed by atoms with Crippen LogP contribution in [0.4, 0.5) is 5.69 Å². The summed E-state index contributed by atoms with van der Waals surface area (Å²) in [5.74, 6) is -0.721. The van der Waals surface area contributed by atoms with E-state index in [0.29, 0.717) is 17.9 Å². The van der Waals surface area contributed by atoms with E-state index in [4.69, 9.17) is 9.47 Å². The van der Waals surface area contributed by atoms with Gasteiger partial charge in [0.15, 0.2) is 0 Å². The van der Waals surface area contributed by atoms with Crippen molar-refractivity contribution in [2.75, 3.05) is 38.7 Å². The van der Waals surface area contributed by atoms with E-state index in [1.807, 2.05) is 18.7 Å². The molecule has 2 amide bonds. The maximum absolute atomic E-state index is 12.5. The van der Waals surface area contributed by atoms with Crippen LogP contribution >= 0.6 is 0 Å². The van der Waals surface area contributed by atoms with E-state index in [0.717, 1.165) is 25.9 Å². The summed E-state index contributed by atoms with van der Waals surface area (Å²) in [6, 6.07) is 6.79. The van der Waals surface area contributed by atoms with Gasteiger partial charge in [0.05, 0.1) is 13.0 Å². The fraction of sp³-hybridized carbons (Fsp3) is 0.550. The van der Waals surface area contributed by atoms with Crippen LogP contribution in [0.15, 0.2) is 24.3 Å². The first kappa shape index (κ1) is 22.6. The lowest BCUT2D eigenvalue weighted by Crippen LogP contribution is -2.32. The van der Waals surface area contributed by atoms with Crippen LogP contribution in [0.3, 0.4) is 0 Å². The number of esters is 1. The minimum atomic E-state index is -0.435. The lowest BCUT2D eigenvalue weighted by Gasteiger charge is -2.21. The number of carbonyl (C=O) groups excluding carboxylic acids is 3. The van der Waals surface area contributed by atoms with Gasteiger partial charge in [-0.1, -0.05) is 13.8 Å². The number of methoxy groups -OCH3 is 1. The minimum absolute atomic E-state index is 0.00428. The Morgan fingerprint density at radius 2 is 1.59 bits per heavy atom. The molecule has 1 aromatic rings. The quantitative estimate of drug-likeness (QED) is 0.446. The molecule has 0 heterocycles. The van der Waals surface area contributed by atoms with Crippen molar-refractivity contribution >= 4 is 23.5 Å². The van der Waals surface area contributed by atoms with Crippen molar-refractivity contribution in [3.8, 4) is 0 Å². The van der Waals surface area contributed by atoms with Crippen LogP contribution in [-0.2, 0) is 19.1 Å². The van der Waals surface area contributed by atoms with E-state index in [1.54, 1.807) is 24.3 Å². The molecule has 7 heteroatoms. The molecule has 0 saturated carbocycles. The van der Waals surface area contributed by atoms with Crippen LogP contribution in [0.5, 0.6) is 0 Å². The smallest absolute Gasteiger partial charge is 0.306 e. The minimum Gasteiger partial charge on any atom is -0.463 e. The third kappa shape index (κ3) is 8.68. The first-order valence-electron chi connectivity index (χ1n) is 9.35. The third-order valence-electron chi connectivity index (χ3n) is 3.80. The van der Waals surface area contributed by atoms with Crippen LogP contribution in [0.1, 0.15) is 49.9 Å². The molecule has 0 aliphatic heterocycles. The molecule has 0 aromatic heterocycles. The summed E-state index contributed by atoms with van der Waals surface area (Å²) in [4.78, 5) is 37.7. The van der Waals surface area contributed by atoms with E-state index >= 15 is 0 Å². The number of rotatable bonds is 12. The van der Waals surface area contributed by atoms with Gasteiger partial charge in [0, 0.05) is 37.9 Å². The maximum atomic E-state index is 12.5. The standard InChI is InChI=1S/C20H30N2O5/c1-4-12-22(13-5-2)20(25)16-6-8-17(9-7-16)21-18(23)10-11-19(24)27-15-14-26-3/h6-9H,4-5,10-15H2,1-3H3,(H,21,23). The molecule has 0 atom stereocenters. The second-order valence-electron chi connectivity index (χ2n) is 6.13. The first-order chi connectivity index (χ1) is 13.0. The average molecular weight is 378 g/mol. The monoisotopic (exact) mass is 378 g/mol. The molecule has 0 fully saturated rings. The van der Waals surface area contributed by atoms with Gasteiger partial charge in [-0.15, -0.1) is 0 Å². The Kier molecular flexibility index (Phi) is 10.8. The molecule has 150 valence electrons. The molecule has 7 nitrogen and oxygen atoms in total. The number of hydrogen-bond acceptors (Lipinski definition) is 5. The van der Waals surface area contributed by atoms with E-state index in [1.165, 1.54) is 7.11 Å². The summed E-state index contributed by atoms with van der Waals surface area (Å²) in [5.41, 5.74) is 1.18. The second kappa shape index (κ2) is 12.9. The fourth-order valence-electron chi connectivity index (χ4n) is 2.48. The Hall–Kier alpha value is -2.41. The zero-order valence-electron chi connectivity index (χ0n) is 16.5. The van der Waals surface area contributed by atoms with E-state index < -0.39 is 5.97 Å². The van der Waals surface area contributed by atoms with Crippen LogP contribution in [0.2, 0.25) is 0 Å². The summed E-state index contributed by atoms with van der Waals surface area (Å²) in [6.07, 6.45) is 1.87. The van der Waals surface area contributed by atoms with E-state index in [-0.39, 0.29) is 31.3 Å². The number of nitrogens with zero attached hydrogens (tertiary/aromatic N) is 1. The highest BCUT2D eigenvalue weighted by molar-refractivity contribution is 5.96. The van der Waals surface area contributed by atoms with Crippen LogP contribution < -0.4 is 5.32 Å². The summed E-state index contributed by atoms with van der Waals surface area (Å²) in [6.45, 7) is 6.05. The summed E-state index contributed by atoms with van der Waals surface area (Å²) >= 11 is 0. The van der Waals surface area contributed by atoms with Crippen molar-refractivity contribution in [2.24, 2.45) is 0 Å². The predicted octanol–water partition coefficient (Wildman–Crippen LogP) is 2.86. The zero-order valence-corrected chi connectivity index (χ0v) is 16.5. The van der Waals surface area contributed by atoms with Crippen LogP contribution in [0.25, 0.3) is 0 Å². The van der Waals surface area contributed by atoms with Crippen molar-refractivity contribution in [3.05, 3.63) is 29.8 Å². The van der Waals surface area contributed by atoms with Gasteiger partial charge in [0.2, 0.25) is 5.91 Å². The number of amides is 2. The largest absolute Gasteiger partial charge is 0.463 e. The Morgan fingerprint density at radius 3 is 2.15 bits per heavy atom. The summed E-state index contributed by atoms with van der Waals surface area (Å²) < 4.78 is 9.68. The third-order valence-corrected chi connectivity index (χ3v) is 3.80. The molecule has 1 rings (SSSR count). The summed E-state index contributed by atoms with van der Waals surface area (Å²) in [7, 11) is 1.52. The molecular formula is C20H30N2O5. The molecule has 1 aromatic carbocycles. The molecule has 0 aliphatic carbocycles. The summed E-state index contributed by atoms with van der Waals surface area (Å²) in [5, 5.41) is 2.71. The molecule has 0 spiro atoms. The number of ether oxygens (including phenoxy) is 2. The molecule has 0 unspecified atom stereocenters. The highest BCUT2D eigenvalue weighted by atomic mass is 16.6. The first-order valence-corrected chi connectivity index (χ1v) is 9.35. The topological polar surface area (TPSA) is 84.9 Å². The lowest BCUT2D eigenvalue weighted by molar-refractivity contribution is -0.145. The molecule has 0 bridgehead atoms. The molecule has 0 saturated heterocycles. The normalized spacial score (nSPS) is 10.3. The molecule has 1 N–H and O–H groups in total. The van der Waals surface area contributed by atoms with Gasteiger partial charge < -0.3 is 19.7 Å². The van der Waals surface area contributed by atoms with E-state index in [2.05, 4.69) is 5.32 Å². The van der Waals surface area contributed by atoms with Crippen LogP contribution in [0, 0.1) is 0 Å². The Labute approximate surface area is 161 Å². The van der Waals surface area contributed by atoms with Gasteiger partial charge in [0.25, 0.3) is 5.91 Å². The Balaban J connectivity index is 2.50. The highest BCUT2D eigenvalue weighted by Crippen LogP contribution is 2.13. The van der Waals surface area contributed by atoms with Gasteiger partial charge in [-0.05, 0) is 37.1 Å². The number of nitrogens with one attached hydrogen (secondary N) is 1. The van der Waals surface area contributed by atoms with Gasteiger partial charge in [-0.2, -0.15) is 0 Å². The number of hydrogen-bond donors (Lipinski definition) is 1. The van der Waals surface area contributed by atoms with Crippen molar-refractivity contribution in [3.63, 3.8) is 0 Å². The number of carbonyl (C=O) groups is 3. The fourth-order valence-corrected chi connectivity index (χ4v) is 2.48. The zero-order chi connectivity index (χ0) is 20.1. The second-order valence-corrected chi connectivity index (χ2v) is 6.13. The average Bonchev–Trinajstić information content (AvgIpc) is 2.66. The highest BCUT2D eigenvalue weighted by Gasteiger charge is 2.14. The van der Waals surface area contributed by atoms with Crippen molar-refractivity contribution in [2.45, 2.75) is 39.5 Å². The number of benzene rings is 1. The lowest BCUT2D eigenvalue weighted by atomic mass is 10.1. The van der Waals surface area contributed by atoms with Gasteiger partial charge in [0.1, 0.15) is 6.61 Å². The SMILES string of the molecule is CCCN(CCC)C(=O)c1ccc(NC(=O)CCC(=O)OCCOC)cc1. The Bertz CT molecular complexity index is 595. The van der Waals surface area contributed by atoms with Crippen LogP contribution in [-0.4, -0.2) is 56.1 Å². The molecule has 0 radical (unpaired) electrons. The van der Waals surface area contributed by atoms with Gasteiger partial charge in [-0.3, -0.25) is 14.4 Å². The van der Waals surface area contributed by atoms with Crippen molar-refractivity contribution in [1.82, 2.24) is 4.90 Å². The molecule has 27 heavy (non-hydrogen) atoms. The Morgan fingerprint density at radius 1 is 0.963 bits per heavy atom. The van der Waals surface area contributed by atoms with Gasteiger partial charge in [-0.25, -0.2) is 0 Å². The van der Waals surface area contributed by atoms with Crippen molar-refractivity contribution < 1.29 is 23.9 Å². The predicted molar refractivity (Wildman–Crippen MR) is 104 cm³/mol. The van der Waals surface area contributed by atoms with Gasteiger partial charge >= 0.3 is 5.97 Å².